The first-order valence-electron chi connectivity index (χ1n) is 11.9. The molecule has 0 N–H and O–H groups in total. The topological polar surface area (TPSA) is 99.6 Å². The fraction of sp³-hybridized carbons (Fsp3) is 0.0690. The molecule has 0 unspecified atom stereocenters. The molecule has 0 aliphatic heterocycles. The summed E-state index contributed by atoms with van der Waals surface area (Å²) in [5.74, 6) is 0.390. The predicted molar refractivity (Wildman–Crippen MR) is 143 cm³/mol. The maximum atomic E-state index is 13.4. The third-order valence-corrected chi connectivity index (χ3v) is 5.91. The lowest BCUT2D eigenvalue weighted by Gasteiger charge is -2.12. The number of rotatable bonds is 7. The molecule has 11 heteroatoms. The Balaban J connectivity index is 1.49. The number of nitrogens with zero attached hydrogens (tertiary/aromatic N) is 4. The van der Waals surface area contributed by atoms with Crippen LogP contribution in [-0.2, 0) is 12.8 Å². The zero-order chi connectivity index (χ0) is 28.3. The van der Waals surface area contributed by atoms with Crippen molar-refractivity contribution in [2.75, 3.05) is 0 Å². The van der Waals surface area contributed by atoms with Crippen molar-refractivity contribution in [3.63, 3.8) is 0 Å². The van der Waals surface area contributed by atoms with Gasteiger partial charge >= 0.3 is 6.18 Å². The second-order valence-electron chi connectivity index (χ2n) is 8.68. The van der Waals surface area contributed by atoms with Gasteiger partial charge in [0, 0.05) is 17.7 Å². The van der Waals surface area contributed by atoms with E-state index in [1.54, 1.807) is 60.7 Å². The maximum Gasteiger partial charge on any atom is 0.416 e. The van der Waals surface area contributed by atoms with Gasteiger partial charge in [0.15, 0.2) is 5.82 Å². The van der Waals surface area contributed by atoms with Crippen LogP contribution in [0.5, 0.6) is 5.75 Å². The van der Waals surface area contributed by atoms with Gasteiger partial charge in [-0.15, -0.1) is 0 Å². The van der Waals surface area contributed by atoms with Crippen LogP contribution in [0.1, 0.15) is 16.7 Å². The number of fused-ring (bicyclic) bond motifs is 1. The number of nitro benzene ring substituents is 1. The number of alkyl halides is 3. The van der Waals surface area contributed by atoms with Crippen molar-refractivity contribution in [1.82, 2.24) is 9.66 Å². The van der Waals surface area contributed by atoms with Crippen LogP contribution in [0.3, 0.4) is 0 Å². The van der Waals surface area contributed by atoms with E-state index in [1.807, 2.05) is 0 Å². The minimum absolute atomic E-state index is 0.0482. The first kappa shape index (κ1) is 26.3. The molecule has 0 aliphatic rings. The summed E-state index contributed by atoms with van der Waals surface area (Å²) < 4.78 is 46.9. The van der Waals surface area contributed by atoms with Crippen molar-refractivity contribution < 1.29 is 22.8 Å². The summed E-state index contributed by atoms with van der Waals surface area (Å²) in [5, 5.41) is 15.5. The van der Waals surface area contributed by atoms with Crippen molar-refractivity contribution >= 4 is 22.8 Å². The quantitative estimate of drug-likeness (QED) is 0.133. The molecule has 1 heterocycles. The Kier molecular flexibility index (Phi) is 7.11. The monoisotopic (exact) mass is 544 g/mol. The van der Waals surface area contributed by atoms with Crippen molar-refractivity contribution in [2.45, 2.75) is 12.8 Å². The van der Waals surface area contributed by atoms with E-state index in [0.717, 1.165) is 16.8 Å². The fourth-order valence-corrected chi connectivity index (χ4v) is 3.99. The summed E-state index contributed by atoms with van der Waals surface area (Å²) in [5.41, 5.74) is 0.0584. The molecule has 0 aliphatic carbocycles. The molecule has 8 nitrogen and oxygen atoms in total. The third-order valence-electron chi connectivity index (χ3n) is 5.91. The zero-order valence-corrected chi connectivity index (χ0v) is 20.6. The summed E-state index contributed by atoms with van der Waals surface area (Å²) in [4.78, 5) is 28.3. The average Bonchev–Trinajstić information content (AvgIpc) is 2.95. The highest BCUT2D eigenvalue weighted by atomic mass is 19.4. The number of halogens is 3. The lowest BCUT2D eigenvalue weighted by Crippen LogP contribution is -2.20. The first-order valence-corrected chi connectivity index (χ1v) is 11.9. The molecule has 1 aromatic heterocycles. The standard InChI is InChI=1S/C29H19F3N4O4/c30-29(31,32)22-9-5-8-21(16-22)27-34-26-13-2-1-12-25(26)28(37)35(27)33-17-19-6-4-11-24(15-19)40-18-20-7-3-10-23(14-20)36(38)39/h1-17H,18H2. The predicted octanol–water partition coefficient (Wildman–Crippen LogP) is 6.45. The Morgan fingerprint density at radius 1 is 0.950 bits per heavy atom. The van der Waals surface area contributed by atoms with Crippen LogP contribution in [0.2, 0.25) is 0 Å². The minimum atomic E-state index is -4.58. The second kappa shape index (κ2) is 10.8. The number of hydrogen-bond acceptors (Lipinski definition) is 6. The number of para-hydroxylation sites is 1. The Morgan fingerprint density at radius 3 is 2.52 bits per heavy atom. The van der Waals surface area contributed by atoms with E-state index in [9.17, 15) is 28.1 Å². The molecule has 4 aromatic carbocycles. The SMILES string of the molecule is O=c1c2ccccc2nc(-c2cccc(C(F)(F)F)c2)n1N=Cc1cccc(OCc2cccc([N+](=O)[O-])c2)c1. The molecule has 5 aromatic rings. The van der Waals surface area contributed by atoms with Gasteiger partial charge in [-0.2, -0.15) is 22.9 Å². The summed E-state index contributed by atoms with van der Waals surface area (Å²) in [6.45, 7) is 0.0794. The average molecular weight is 544 g/mol. The Morgan fingerprint density at radius 2 is 1.73 bits per heavy atom. The van der Waals surface area contributed by atoms with Crippen LogP contribution in [0, 0.1) is 10.1 Å². The number of nitro groups is 1. The van der Waals surface area contributed by atoms with Gasteiger partial charge < -0.3 is 4.74 Å². The van der Waals surface area contributed by atoms with Crippen molar-refractivity contribution in [2.24, 2.45) is 5.10 Å². The lowest BCUT2D eigenvalue weighted by molar-refractivity contribution is -0.384. The fourth-order valence-electron chi connectivity index (χ4n) is 3.99. The smallest absolute Gasteiger partial charge is 0.416 e. The summed E-state index contributed by atoms with van der Waals surface area (Å²) >= 11 is 0. The van der Waals surface area contributed by atoms with Gasteiger partial charge in [-0.1, -0.05) is 48.5 Å². The zero-order valence-electron chi connectivity index (χ0n) is 20.6. The molecule has 0 bridgehead atoms. The van der Waals surface area contributed by atoms with Gasteiger partial charge in [0.1, 0.15) is 12.4 Å². The van der Waals surface area contributed by atoms with Crippen LogP contribution in [0.25, 0.3) is 22.3 Å². The summed E-state index contributed by atoms with van der Waals surface area (Å²) in [7, 11) is 0. The largest absolute Gasteiger partial charge is 0.489 e. The van der Waals surface area contributed by atoms with Crippen LogP contribution < -0.4 is 10.3 Å². The van der Waals surface area contributed by atoms with Gasteiger partial charge in [0.25, 0.3) is 11.2 Å². The third kappa shape index (κ3) is 5.73. The normalized spacial score (nSPS) is 11.7. The molecule has 200 valence electrons. The summed E-state index contributed by atoms with van der Waals surface area (Å²) in [6, 6.07) is 23.8. The Bertz CT molecular complexity index is 1820. The lowest BCUT2D eigenvalue weighted by atomic mass is 10.1. The molecule has 0 saturated carbocycles. The maximum absolute atomic E-state index is 13.4. The Labute approximate surface area is 224 Å². The molecule has 0 amide bonds. The molecule has 0 saturated heterocycles. The van der Waals surface area contributed by atoms with E-state index >= 15 is 0 Å². The Hall–Kier alpha value is -5.32. The van der Waals surface area contributed by atoms with Gasteiger partial charge in [-0.05, 0) is 47.5 Å². The van der Waals surface area contributed by atoms with Crippen molar-refractivity contribution in [1.29, 1.82) is 0 Å². The number of ether oxygens (including phenoxy) is 1. The van der Waals surface area contributed by atoms with Crippen LogP contribution in [0.15, 0.2) is 107 Å². The highest BCUT2D eigenvalue weighted by Gasteiger charge is 2.31. The number of hydrogen-bond donors (Lipinski definition) is 0. The highest BCUT2D eigenvalue weighted by molar-refractivity contribution is 5.82. The van der Waals surface area contributed by atoms with E-state index in [1.165, 1.54) is 30.5 Å². The van der Waals surface area contributed by atoms with E-state index in [4.69, 9.17) is 4.74 Å². The van der Waals surface area contributed by atoms with Crippen LogP contribution in [-0.4, -0.2) is 20.8 Å². The van der Waals surface area contributed by atoms with E-state index in [0.29, 0.717) is 22.4 Å². The van der Waals surface area contributed by atoms with Gasteiger partial charge in [-0.25, -0.2) is 4.98 Å². The van der Waals surface area contributed by atoms with Crippen LogP contribution >= 0.6 is 0 Å². The van der Waals surface area contributed by atoms with Gasteiger partial charge in [0.05, 0.1) is 27.6 Å². The molecular weight excluding hydrogens is 525 g/mol. The molecule has 5 rings (SSSR count). The van der Waals surface area contributed by atoms with Gasteiger partial charge in [0.2, 0.25) is 0 Å². The van der Waals surface area contributed by atoms with E-state index in [2.05, 4.69) is 10.1 Å². The first-order chi connectivity index (χ1) is 19.2. The molecule has 0 fully saturated rings. The second-order valence-corrected chi connectivity index (χ2v) is 8.68. The van der Waals surface area contributed by atoms with Crippen molar-refractivity contribution in [3.8, 4) is 17.1 Å². The summed E-state index contributed by atoms with van der Waals surface area (Å²) in [6.07, 6.45) is -3.21. The number of non-ortho nitro benzene ring substituents is 1. The molecular formula is C29H19F3N4O4. The minimum Gasteiger partial charge on any atom is -0.489 e. The van der Waals surface area contributed by atoms with Crippen molar-refractivity contribution in [3.05, 3.63) is 134 Å². The molecule has 0 atom stereocenters. The molecule has 0 radical (unpaired) electrons. The molecule has 0 spiro atoms. The molecule has 40 heavy (non-hydrogen) atoms. The van der Waals surface area contributed by atoms with Gasteiger partial charge in [-0.3, -0.25) is 14.9 Å². The van der Waals surface area contributed by atoms with E-state index in [-0.39, 0.29) is 29.1 Å². The highest BCUT2D eigenvalue weighted by Crippen LogP contribution is 2.32. The number of benzene rings is 4. The van der Waals surface area contributed by atoms with Crippen LogP contribution in [0.4, 0.5) is 18.9 Å². The number of aromatic nitrogens is 2. The van der Waals surface area contributed by atoms with E-state index < -0.39 is 22.2 Å².